The van der Waals surface area contributed by atoms with Crippen LogP contribution in [0.25, 0.3) is 11.5 Å². The summed E-state index contributed by atoms with van der Waals surface area (Å²) >= 11 is 0. The van der Waals surface area contributed by atoms with Crippen LogP contribution in [0.4, 0.5) is 0 Å². The minimum atomic E-state index is -3.70. The molecule has 2 aromatic heterocycles. The number of hydrogen-bond acceptors (Lipinski definition) is 6. The van der Waals surface area contributed by atoms with Gasteiger partial charge >= 0.3 is 0 Å². The molecule has 0 spiro atoms. The van der Waals surface area contributed by atoms with Crippen LogP contribution in [-0.4, -0.2) is 23.6 Å². The van der Waals surface area contributed by atoms with E-state index in [-0.39, 0.29) is 22.1 Å². The van der Waals surface area contributed by atoms with Gasteiger partial charge in [0.1, 0.15) is 0 Å². The molecule has 0 unspecified atom stereocenters. The number of primary sulfonamides is 1. The Labute approximate surface area is 169 Å². The van der Waals surface area contributed by atoms with Crippen molar-refractivity contribution in [3.63, 3.8) is 0 Å². The predicted molar refractivity (Wildman–Crippen MR) is 107 cm³/mol. The Hall–Kier alpha value is -2.58. The minimum absolute atomic E-state index is 0.0683. The zero-order valence-electron chi connectivity index (χ0n) is 16.2. The maximum absolute atomic E-state index is 11.5. The number of nitrogens with zero attached hydrogens (tertiary/aromatic N) is 3. The Morgan fingerprint density at radius 2 is 1.79 bits per heavy atom. The van der Waals surface area contributed by atoms with Gasteiger partial charge in [0, 0.05) is 18.0 Å². The largest absolute Gasteiger partial charge is 0.420 e. The molecule has 2 heterocycles. The Morgan fingerprint density at radius 3 is 2.45 bits per heavy atom. The molecule has 1 aromatic carbocycles. The minimum Gasteiger partial charge on any atom is -0.420 e. The third-order valence-electron chi connectivity index (χ3n) is 6.13. The lowest BCUT2D eigenvalue weighted by molar-refractivity contribution is 0.476. The highest BCUT2D eigenvalue weighted by Gasteiger charge is 2.61. The summed E-state index contributed by atoms with van der Waals surface area (Å²) in [5, 5.41) is 13.8. The molecule has 29 heavy (non-hydrogen) atoms. The Kier molecular flexibility index (Phi) is 3.95. The van der Waals surface area contributed by atoms with Gasteiger partial charge in [-0.15, -0.1) is 10.2 Å². The summed E-state index contributed by atoms with van der Waals surface area (Å²) in [7, 11) is -3.70. The van der Waals surface area contributed by atoms with Crippen molar-refractivity contribution >= 4 is 10.0 Å². The van der Waals surface area contributed by atoms with Crippen molar-refractivity contribution in [1.82, 2.24) is 15.2 Å². The lowest BCUT2D eigenvalue weighted by Crippen LogP contribution is -2.11. The molecule has 2 saturated carbocycles. The zero-order chi connectivity index (χ0) is 20.4. The van der Waals surface area contributed by atoms with Gasteiger partial charge in [-0.25, -0.2) is 13.6 Å². The summed E-state index contributed by atoms with van der Waals surface area (Å²) in [4.78, 5) is 4.63. The fraction of sp³-hybridized carbons (Fsp3) is 0.381. The summed E-state index contributed by atoms with van der Waals surface area (Å²) < 4.78 is 29.1. The Balaban J connectivity index is 1.44. The van der Waals surface area contributed by atoms with Gasteiger partial charge in [0.05, 0.1) is 22.1 Å². The number of pyridine rings is 1. The van der Waals surface area contributed by atoms with Crippen molar-refractivity contribution in [3.8, 4) is 11.5 Å². The van der Waals surface area contributed by atoms with Crippen molar-refractivity contribution in [3.05, 3.63) is 59.7 Å². The van der Waals surface area contributed by atoms with E-state index in [1.165, 1.54) is 0 Å². The van der Waals surface area contributed by atoms with Crippen LogP contribution < -0.4 is 5.14 Å². The first-order valence-corrected chi connectivity index (χ1v) is 11.2. The SMILES string of the molecule is CC1(C)[C@H](c2ccc(S(N)(=O)=O)cc2)[C@H]1c1nnc(-c2cccnc2C2CC2)o1. The van der Waals surface area contributed by atoms with Crippen LogP contribution in [-0.2, 0) is 10.0 Å². The molecule has 0 radical (unpaired) electrons. The van der Waals surface area contributed by atoms with E-state index in [4.69, 9.17) is 9.56 Å². The zero-order valence-corrected chi connectivity index (χ0v) is 17.1. The number of nitrogens with two attached hydrogens (primary N) is 1. The number of aromatic nitrogens is 3. The quantitative estimate of drug-likeness (QED) is 0.688. The third-order valence-corrected chi connectivity index (χ3v) is 7.06. The van der Waals surface area contributed by atoms with E-state index in [0.717, 1.165) is 29.7 Å². The summed E-state index contributed by atoms with van der Waals surface area (Å²) in [6, 6.07) is 10.6. The molecule has 0 saturated heterocycles. The summed E-state index contributed by atoms with van der Waals surface area (Å²) in [6.45, 7) is 4.30. The fourth-order valence-corrected chi connectivity index (χ4v) is 4.85. The van der Waals surface area contributed by atoms with Crippen molar-refractivity contribution in [2.45, 2.75) is 49.3 Å². The summed E-state index contributed by atoms with van der Waals surface area (Å²) in [6.07, 6.45) is 4.11. The van der Waals surface area contributed by atoms with Crippen LogP contribution in [0.3, 0.4) is 0 Å². The maximum atomic E-state index is 11.5. The molecule has 0 bridgehead atoms. The monoisotopic (exact) mass is 410 g/mol. The first-order chi connectivity index (χ1) is 13.8. The van der Waals surface area contributed by atoms with E-state index in [1.54, 1.807) is 18.3 Å². The van der Waals surface area contributed by atoms with Crippen LogP contribution in [0.1, 0.15) is 61.6 Å². The van der Waals surface area contributed by atoms with Gasteiger partial charge in [0.25, 0.3) is 0 Å². The summed E-state index contributed by atoms with van der Waals surface area (Å²) in [5.41, 5.74) is 2.92. The summed E-state index contributed by atoms with van der Waals surface area (Å²) in [5.74, 6) is 1.86. The second kappa shape index (κ2) is 6.21. The lowest BCUT2D eigenvalue weighted by atomic mass is 10.0. The van der Waals surface area contributed by atoms with Gasteiger partial charge in [-0.1, -0.05) is 26.0 Å². The molecular weight excluding hydrogens is 388 g/mol. The van der Waals surface area contributed by atoms with Gasteiger partial charge in [0.2, 0.25) is 21.8 Å². The predicted octanol–water partition coefficient (Wildman–Crippen LogP) is 3.56. The van der Waals surface area contributed by atoms with E-state index in [0.29, 0.717) is 17.7 Å². The highest BCUT2D eigenvalue weighted by molar-refractivity contribution is 7.89. The third kappa shape index (κ3) is 3.16. The van der Waals surface area contributed by atoms with Gasteiger partial charge < -0.3 is 4.42 Å². The lowest BCUT2D eigenvalue weighted by Gasteiger charge is -2.04. The van der Waals surface area contributed by atoms with E-state index < -0.39 is 10.0 Å². The first kappa shape index (κ1) is 18.4. The second-order valence-corrected chi connectivity index (χ2v) is 10.1. The molecular formula is C21H22N4O3S. The van der Waals surface area contributed by atoms with E-state index in [2.05, 4.69) is 29.0 Å². The standard InChI is InChI=1S/C21H22N4O3S/c1-21(2)16(12-7-9-14(10-8-12)29(22,26)27)17(21)20-25-24-19(28-20)15-4-3-11-23-18(15)13-5-6-13/h3-4,7-11,13,16-17H,5-6H2,1-2H3,(H2,22,26,27)/t16-,17+/m1/s1. The molecule has 2 fully saturated rings. The molecule has 2 aliphatic carbocycles. The van der Waals surface area contributed by atoms with Crippen LogP contribution in [0.2, 0.25) is 0 Å². The number of sulfonamides is 1. The van der Waals surface area contributed by atoms with E-state index in [1.807, 2.05) is 24.3 Å². The van der Waals surface area contributed by atoms with Crippen molar-refractivity contribution in [2.24, 2.45) is 10.6 Å². The molecule has 2 atom stereocenters. The van der Waals surface area contributed by atoms with Crippen LogP contribution in [0.5, 0.6) is 0 Å². The van der Waals surface area contributed by atoms with Crippen molar-refractivity contribution < 1.29 is 12.8 Å². The van der Waals surface area contributed by atoms with E-state index in [9.17, 15) is 8.42 Å². The molecule has 0 amide bonds. The van der Waals surface area contributed by atoms with Crippen molar-refractivity contribution in [2.75, 3.05) is 0 Å². The first-order valence-electron chi connectivity index (χ1n) is 9.68. The molecule has 8 heteroatoms. The van der Waals surface area contributed by atoms with Crippen LogP contribution in [0.15, 0.2) is 51.9 Å². The highest BCUT2D eigenvalue weighted by atomic mass is 32.2. The van der Waals surface area contributed by atoms with Crippen molar-refractivity contribution in [1.29, 1.82) is 0 Å². The normalized spacial score (nSPS) is 23.1. The molecule has 2 aliphatic rings. The van der Waals surface area contributed by atoms with E-state index >= 15 is 0 Å². The smallest absolute Gasteiger partial charge is 0.249 e. The Morgan fingerprint density at radius 1 is 1.07 bits per heavy atom. The average Bonchev–Trinajstić information content (AvgIpc) is 3.56. The van der Waals surface area contributed by atoms with Crippen LogP contribution in [0, 0.1) is 5.41 Å². The molecule has 7 nitrogen and oxygen atoms in total. The van der Waals surface area contributed by atoms with Gasteiger partial charge in [-0.05, 0) is 48.1 Å². The fourth-order valence-electron chi connectivity index (χ4n) is 4.34. The second-order valence-electron chi connectivity index (χ2n) is 8.55. The molecule has 150 valence electrons. The molecule has 5 rings (SSSR count). The number of rotatable bonds is 5. The van der Waals surface area contributed by atoms with Crippen LogP contribution >= 0.6 is 0 Å². The molecule has 0 aliphatic heterocycles. The molecule has 3 aromatic rings. The average molecular weight is 410 g/mol. The Bertz CT molecular complexity index is 1180. The van der Waals surface area contributed by atoms with Gasteiger partial charge in [0.15, 0.2) is 0 Å². The molecule has 2 N–H and O–H groups in total. The topological polar surface area (TPSA) is 112 Å². The maximum Gasteiger partial charge on any atom is 0.249 e. The number of hydrogen-bond donors (Lipinski definition) is 1. The van der Waals surface area contributed by atoms with Gasteiger partial charge in [-0.2, -0.15) is 0 Å². The van der Waals surface area contributed by atoms with Gasteiger partial charge in [-0.3, -0.25) is 4.98 Å². The highest BCUT2D eigenvalue weighted by Crippen LogP contribution is 2.69. The number of benzene rings is 1.